The van der Waals surface area contributed by atoms with E-state index >= 15 is 0 Å². The van der Waals surface area contributed by atoms with Crippen LogP contribution in [0.25, 0.3) is 10.2 Å². The number of hydrogen-bond donors (Lipinski definition) is 0. The Labute approximate surface area is 184 Å². The minimum absolute atomic E-state index is 0.190. The van der Waals surface area contributed by atoms with Crippen LogP contribution in [0.2, 0.25) is 5.02 Å². The summed E-state index contributed by atoms with van der Waals surface area (Å²) >= 11 is 7.50. The Bertz CT molecular complexity index is 1070. The molecule has 3 heterocycles. The zero-order valence-corrected chi connectivity index (χ0v) is 18.2. The van der Waals surface area contributed by atoms with Crippen LogP contribution in [0.1, 0.15) is 13.3 Å². The van der Waals surface area contributed by atoms with E-state index in [0.29, 0.717) is 34.7 Å². The summed E-state index contributed by atoms with van der Waals surface area (Å²) in [5.74, 6) is 1.72. The van der Waals surface area contributed by atoms with E-state index in [0.717, 1.165) is 42.0 Å². The van der Waals surface area contributed by atoms with Crippen molar-refractivity contribution in [1.82, 2.24) is 14.8 Å². The van der Waals surface area contributed by atoms with Gasteiger partial charge in [-0.15, -0.1) is 0 Å². The number of halogens is 1. The molecule has 0 radical (unpaired) electrons. The number of carbonyl (C=O) groups is 1. The van der Waals surface area contributed by atoms with Crippen LogP contribution in [-0.4, -0.2) is 59.0 Å². The average Bonchev–Trinajstić information content (AvgIpc) is 3.42. The Balaban J connectivity index is 1.12. The highest BCUT2D eigenvalue weighted by Crippen LogP contribution is 2.33. The number of ether oxygens (including phenoxy) is 2. The number of benzene rings is 2. The van der Waals surface area contributed by atoms with Crippen molar-refractivity contribution in [1.29, 1.82) is 0 Å². The maximum atomic E-state index is 11.6. The summed E-state index contributed by atoms with van der Waals surface area (Å²) in [5.41, 5.74) is 0.876. The fourth-order valence-corrected chi connectivity index (χ4v) is 5.43. The average molecular weight is 444 g/mol. The lowest BCUT2D eigenvalue weighted by Crippen LogP contribution is -2.48. The number of nitrogens with zero attached hydrogens (tertiary/aromatic N) is 3. The number of hydrogen-bond acceptors (Lipinski definition) is 6. The standard InChI is InChI=1S/C22H22ClN3O3S/c1-14(27)26-13-16-11-17(26)12-25(16)8-9-28-18-3-5-19(6-4-18)29-22-24-20-7-2-15(23)10-21(20)30-22/h2-7,10,16-17H,8-9,11-13H2,1H3/t16-,17-/m1/s1. The number of amides is 1. The molecule has 1 amide bonds. The smallest absolute Gasteiger partial charge is 0.279 e. The van der Waals surface area contributed by atoms with E-state index in [4.69, 9.17) is 21.1 Å². The van der Waals surface area contributed by atoms with Crippen LogP contribution in [0.3, 0.4) is 0 Å². The van der Waals surface area contributed by atoms with Crippen molar-refractivity contribution in [2.45, 2.75) is 25.4 Å². The molecule has 8 heteroatoms. The van der Waals surface area contributed by atoms with Crippen LogP contribution in [-0.2, 0) is 4.79 Å². The highest BCUT2D eigenvalue weighted by molar-refractivity contribution is 7.20. The highest BCUT2D eigenvalue weighted by atomic mass is 35.5. The van der Waals surface area contributed by atoms with Gasteiger partial charge in [0.15, 0.2) is 0 Å². The molecule has 1 aromatic heterocycles. The molecule has 6 nitrogen and oxygen atoms in total. The number of piperazine rings is 1. The maximum Gasteiger partial charge on any atom is 0.279 e. The lowest BCUT2D eigenvalue weighted by atomic mass is 10.2. The number of likely N-dealkylation sites (tertiary alicyclic amines) is 2. The molecule has 30 heavy (non-hydrogen) atoms. The minimum Gasteiger partial charge on any atom is -0.492 e. The van der Waals surface area contributed by atoms with Gasteiger partial charge in [0.2, 0.25) is 5.91 Å². The van der Waals surface area contributed by atoms with E-state index < -0.39 is 0 Å². The van der Waals surface area contributed by atoms with Gasteiger partial charge in [0, 0.05) is 43.7 Å². The van der Waals surface area contributed by atoms with Gasteiger partial charge in [0.25, 0.3) is 5.19 Å². The fourth-order valence-electron chi connectivity index (χ4n) is 4.32. The molecule has 3 aromatic rings. The molecule has 2 aliphatic rings. The molecule has 2 bridgehead atoms. The summed E-state index contributed by atoms with van der Waals surface area (Å²) in [6, 6.07) is 14.0. The minimum atomic E-state index is 0.190. The first-order valence-electron chi connectivity index (χ1n) is 10.0. The lowest BCUT2D eigenvalue weighted by Gasteiger charge is -2.33. The Morgan fingerprint density at radius 3 is 2.70 bits per heavy atom. The first-order chi connectivity index (χ1) is 14.5. The number of fused-ring (bicyclic) bond motifs is 3. The predicted octanol–water partition coefficient (Wildman–Crippen LogP) is 4.43. The van der Waals surface area contributed by atoms with Gasteiger partial charge < -0.3 is 14.4 Å². The number of aromatic nitrogens is 1. The molecule has 2 atom stereocenters. The normalized spacial score (nSPS) is 20.8. The van der Waals surface area contributed by atoms with Crippen molar-refractivity contribution in [3.8, 4) is 16.7 Å². The lowest BCUT2D eigenvalue weighted by molar-refractivity contribution is -0.131. The number of thiazole rings is 1. The van der Waals surface area contributed by atoms with Gasteiger partial charge in [-0.3, -0.25) is 9.69 Å². The van der Waals surface area contributed by atoms with Gasteiger partial charge >= 0.3 is 0 Å². The van der Waals surface area contributed by atoms with Gasteiger partial charge in [-0.2, -0.15) is 0 Å². The third-order valence-corrected chi connectivity index (χ3v) is 6.90. The first-order valence-corrected chi connectivity index (χ1v) is 11.2. The highest BCUT2D eigenvalue weighted by Gasteiger charge is 2.43. The van der Waals surface area contributed by atoms with Crippen LogP contribution in [0.15, 0.2) is 42.5 Å². The molecule has 156 valence electrons. The summed E-state index contributed by atoms with van der Waals surface area (Å²) in [5, 5.41) is 1.28. The van der Waals surface area contributed by atoms with Crippen LogP contribution >= 0.6 is 22.9 Å². The summed E-state index contributed by atoms with van der Waals surface area (Å²) < 4.78 is 12.8. The quantitative estimate of drug-likeness (QED) is 0.564. The molecule has 0 aliphatic carbocycles. The largest absolute Gasteiger partial charge is 0.492 e. The molecule has 2 aliphatic heterocycles. The zero-order valence-electron chi connectivity index (χ0n) is 16.6. The van der Waals surface area contributed by atoms with Crippen LogP contribution in [0, 0.1) is 0 Å². The van der Waals surface area contributed by atoms with Gasteiger partial charge in [0.05, 0.1) is 10.2 Å². The third-order valence-electron chi connectivity index (χ3n) is 5.77. The summed E-state index contributed by atoms with van der Waals surface area (Å²) in [6.45, 7) is 4.97. The second-order valence-corrected chi connectivity index (χ2v) is 9.15. The van der Waals surface area contributed by atoms with Crippen molar-refractivity contribution in [2.24, 2.45) is 0 Å². The SMILES string of the molecule is CC(=O)N1C[C@H]2C[C@@H]1CN2CCOc1ccc(Oc2nc3ccc(Cl)cc3s2)cc1. The monoisotopic (exact) mass is 443 g/mol. The van der Waals surface area contributed by atoms with Gasteiger partial charge in [-0.1, -0.05) is 22.9 Å². The molecule has 2 fully saturated rings. The summed E-state index contributed by atoms with van der Waals surface area (Å²) in [7, 11) is 0. The fraction of sp³-hybridized carbons (Fsp3) is 0.364. The molecule has 2 saturated heterocycles. The van der Waals surface area contributed by atoms with E-state index in [2.05, 4.69) is 9.88 Å². The molecule has 5 rings (SSSR count). The number of carbonyl (C=O) groups excluding carboxylic acids is 1. The van der Waals surface area contributed by atoms with Crippen LogP contribution in [0.4, 0.5) is 0 Å². The van der Waals surface area contributed by atoms with Gasteiger partial charge in [-0.05, 0) is 48.9 Å². The molecule has 2 aromatic carbocycles. The van der Waals surface area contributed by atoms with Gasteiger partial charge in [-0.25, -0.2) is 4.98 Å². The summed E-state index contributed by atoms with van der Waals surface area (Å²) in [6.07, 6.45) is 1.09. The Morgan fingerprint density at radius 1 is 1.17 bits per heavy atom. The van der Waals surface area contributed by atoms with E-state index in [-0.39, 0.29) is 5.91 Å². The van der Waals surface area contributed by atoms with E-state index in [1.165, 1.54) is 11.3 Å². The first kappa shape index (κ1) is 19.6. The Hall–Kier alpha value is -2.35. The molecular weight excluding hydrogens is 422 g/mol. The van der Waals surface area contributed by atoms with Crippen molar-refractivity contribution in [2.75, 3.05) is 26.2 Å². The van der Waals surface area contributed by atoms with E-state index in [9.17, 15) is 4.79 Å². The molecule has 0 spiro atoms. The number of rotatable bonds is 6. The molecule has 0 N–H and O–H groups in total. The van der Waals surface area contributed by atoms with Crippen molar-refractivity contribution < 1.29 is 14.3 Å². The van der Waals surface area contributed by atoms with E-state index in [1.807, 2.05) is 47.4 Å². The Morgan fingerprint density at radius 2 is 1.97 bits per heavy atom. The van der Waals surface area contributed by atoms with Gasteiger partial charge in [0.1, 0.15) is 18.1 Å². The second kappa shape index (κ2) is 8.06. The summed E-state index contributed by atoms with van der Waals surface area (Å²) in [4.78, 5) is 20.5. The third kappa shape index (κ3) is 3.97. The van der Waals surface area contributed by atoms with E-state index in [1.54, 1.807) is 6.92 Å². The Kier molecular flexibility index (Phi) is 5.26. The zero-order chi connectivity index (χ0) is 20.7. The van der Waals surface area contributed by atoms with Crippen molar-refractivity contribution in [3.05, 3.63) is 47.5 Å². The molecule has 0 unspecified atom stereocenters. The molecule has 0 saturated carbocycles. The maximum absolute atomic E-state index is 11.6. The van der Waals surface area contributed by atoms with Crippen molar-refractivity contribution in [3.63, 3.8) is 0 Å². The predicted molar refractivity (Wildman–Crippen MR) is 118 cm³/mol. The molecular formula is C22H22ClN3O3S. The van der Waals surface area contributed by atoms with Crippen LogP contribution in [0.5, 0.6) is 16.7 Å². The van der Waals surface area contributed by atoms with Crippen LogP contribution < -0.4 is 9.47 Å². The topological polar surface area (TPSA) is 54.9 Å². The van der Waals surface area contributed by atoms with Crippen molar-refractivity contribution >= 4 is 39.1 Å². The second-order valence-electron chi connectivity index (χ2n) is 7.72.